The van der Waals surface area contributed by atoms with Crippen molar-refractivity contribution >= 4 is 28.5 Å². The van der Waals surface area contributed by atoms with E-state index >= 15 is 0 Å². The van der Waals surface area contributed by atoms with Crippen LogP contribution in [0.15, 0.2) is 42.7 Å². The molecule has 128 valence electrons. The van der Waals surface area contributed by atoms with Gasteiger partial charge < -0.3 is 15.2 Å². The number of aromatic nitrogens is 2. The Morgan fingerprint density at radius 2 is 1.92 bits per heavy atom. The minimum Gasteiger partial charge on any atom is -0.348 e. The highest BCUT2D eigenvalue weighted by atomic mass is 16.2. The average molecular weight is 336 g/mol. The summed E-state index contributed by atoms with van der Waals surface area (Å²) in [6, 6.07) is 9.79. The van der Waals surface area contributed by atoms with Crippen molar-refractivity contribution in [3.05, 3.63) is 59.4 Å². The fraction of sp³-hybridized carbons (Fsp3) is 0.211. The SMILES string of the molecule is CC(=O)Nc1cnc2c(c1)c(C(=O)NCc1ccc(C)cc1)cn2C. The summed E-state index contributed by atoms with van der Waals surface area (Å²) < 4.78 is 1.80. The van der Waals surface area contributed by atoms with E-state index in [1.165, 1.54) is 12.5 Å². The number of hydrogen-bond acceptors (Lipinski definition) is 3. The van der Waals surface area contributed by atoms with Crippen molar-refractivity contribution < 1.29 is 9.59 Å². The van der Waals surface area contributed by atoms with Crippen molar-refractivity contribution in [2.45, 2.75) is 20.4 Å². The predicted molar refractivity (Wildman–Crippen MR) is 97.4 cm³/mol. The number of pyridine rings is 1. The number of rotatable bonds is 4. The van der Waals surface area contributed by atoms with Crippen molar-refractivity contribution in [3.63, 3.8) is 0 Å². The van der Waals surface area contributed by atoms with E-state index in [0.29, 0.717) is 28.8 Å². The summed E-state index contributed by atoms with van der Waals surface area (Å²) in [4.78, 5) is 28.2. The van der Waals surface area contributed by atoms with Crippen molar-refractivity contribution in [2.24, 2.45) is 7.05 Å². The molecule has 0 fully saturated rings. The third-order valence-electron chi connectivity index (χ3n) is 3.95. The summed E-state index contributed by atoms with van der Waals surface area (Å²) in [5, 5.41) is 6.33. The Labute approximate surface area is 145 Å². The lowest BCUT2D eigenvalue weighted by atomic mass is 10.1. The number of benzene rings is 1. The summed E-state index contributed by atoms with van der Waals surface area (Å²) in [6.45, 7) is 3.91. The van der Waals surface area contributed by atoms with E-state index in [2.05, 4.69) is 15.6 Å². The first kappa shape index (κ1) is 16.7. The lowest BCUT2D eigenvalue weighted by molar-refractivity contribution is -0.114. The molecule has 0 saturated heterocycles. The van der Waals surface area contributed by atoms with Gasteiger partial charge in [-0.15, -0.1) is 0 Å². The molecule has 0 spiro atoms. The van der Waals surface area contributed by atoms with E-state index in [4.69, 9.17) is 0 Å². The van der Waals surface area contributed by atoms with Gasteiger partial charge in [0.1, 0.15) is 5.65 Å². The average Bonchev–Trinajstić information content (AvgIpc) is 2.90. The number of nitrogens with one attached hydrogen (secondary N) is 2. The summed E-state index contributed by atoms with van der Waals surface area (Å²) in [5.41, 5.74) is 4.01. The molecule has 2 amide bonds. The molecular weight excluding hydrogens is 316 g/mol. The number of fused-ring (bicyclic) bond motifs is 1. The maximum Gasteiger partial charge on any atom is 0.253 e. The predicted octanol–water partition coefficient (Wildman–Crippen LogP) is 2.77. The summed E-state index contributed by atoms with van der Waals surface area (Å²) in [6.07, 6.45) is 3.33. The first-order chi connectivity index (χ1) is 11.9. The Bertz CT molecular complexity index is 942. The van der Waals surface area contributed by atoms with Gasteiger partial charge in [-0.3, -0.25) is 9.59 Å². The summed E-state index contributed by atoms with van der Waals surface area (Å²) in [5.74, 6) is -0.351. The lowest BCUT2D eigenvalue weighted by Gasteiger charge is -2.06. The second-order valence-corrected chi connectivity index (χ2v) is 6.10. The molecule has 0 unspecified atom stereocenters. The van der Waals surface area contributed by atoms with Crippen molar-refractivity contribution in [2.75, 3.05) is 5.32 Å². The molecule has 0 saturated carbocycles. The van der Waals surface area contributed by atoms with Gasteiger partial charge in [0, 0.05) is 32.1 Å². The highest BCUT2D eigenvalue weighted by molar-refractivity contribution is 6.07. The normalized spacial score (nSPS) is 10.7. The van der Waals surface area contributed by atoms with Gasteiger partial charge in [-0.1, -0.05) is 29.8 Å². The van der Waals surface area contributed by atoms with E-state index < -0.39 is 0 Å². The molecule has 0 aliphatic rings. The molecule has 0 radical (unpaired) electrons. The molecule has 2 aromatic heterocycles. The maximum absolute atomic E-state index is 12.6. The van der Waals surface area contributed by atoms with Gasteiger partial charge in [-0.25, -0.2) is 4.98 Å². The smallest absolute Gasteiger partial charge is 0.253 e. The number of hydrogen-bond donors (Lipinski definition) is 2. The molecule has 3 rings (SSSR count). The number of anilines is 1. The third kappa shape index (κ3) is 3.68. The summed E-state index contributed by atoms with van der Waals surface area (Å²) in [7, 11) is 1.84. The molecule has 0 atom stereocenters. The fourth-order valence-corrected chi connectivity index (χ4v) is 2.70. The number of amides is 2. The van der Waals surface area contributed by atoms with Crippen LogP contribution in [0, 0.1) is 6.92 Å². The van der Waals surface area contributed by atoms with E-state index in [0.717, 1.165) is 5.56 Å². The van der Waals surface area contributed by atoms with Crippen molar-refractivity contribution in [3.8, 4) is 0 Å². The summed E-state index contributed by atoms with van der Waals surface area (Å²) >= 11 is 0. The minimum atomic E-state index is -0.178. The Kier molecular flexibility index (Phi) is 4.52. The van der Waals surface area contributed by atoms with E-state index in [1.807, 2.05) is 38.2 Å². The monoisotopic (exact) mass is 336 g/mol. The molecule has 1 aromatic carbocycles. The van der Waals surface area contributed by atoms with Crippen LogP contribution in [0.3, 0.4) is 0 Å². The Morgan fingerprint density at radius 3 is 2.60 bits per heavy atom. The number of carbonyl (C=O) groups excluding carboxylic acids is 2. The molecule has 25 heavy (non-hydrogen) atoms. The second-order valence-electron chi connectivity index (χ2n) is 6.10. The van der Waals surface area contributed by atoms with Crippen molar-refractivity contribution in [1.29, 1.82) is 0 Å². The third-order valence-corrected chi connectivity index (χ3v) is 3.95. The molecule has 0 aliphatic heterocycles. The zero-order valence-electron chi connectivity index (χ0n) is 14.5. The van der Waals surface area contributed by atoms with Crippen LogP contribution in [-0.4, -0.2) is 21.4 Å². The zero-order chi connectivity index (χ0) is 18.0. The first-order valence-corrected chi connectivity index (χ1v) is 8.00. The lowest BCUT2D eigenvalue weighted by Crippen LogP contribution is -2.22. The Balaban J connectivity index is 1.84. The molecule has 6 nitrogen and oxygen atoms in total. The number of carbonyl (C=O) groups is 2. The Hall–Kier alpha value is -3.15. The second kappa shape index (κ2) is 6.76. The van der Waals surface area contributed by atoms with Crippen LogP contribution in [0.1, 0.15) is 28.4 Å². The zero-order valence-corrected chi connectivity index (χ0v) is 14.5. The van der Waals surface area contributed by atoms with Gasteiger partial charge in [0.2, 0.25) is 5.91 Å². The molecule has 6 heteroatoms. The van der Waals surface area contributed by atoms with E-state index in [-0.39, 0.29) is 11.8 Å². The van der Waals surface area contributed by atoms with Gasteiger partial charge in [-0.05, 0) is 18.6 Å². The quantitative estimate of drug-likeness (QED) is 0.769. The van der Waals surface area contributed by atoms with Crippen LogP contribution < -0.4 is 10.6 Å². The molecule has 0 aliphatic carbocycles. The van der Waals surface area contributed by atoms with E-state index in [9.17, 15) is 9.59 Å². The Morgan fingerprint density at radius 1 is 1.20 bits per heavy atom. The van der Waals surface area contributed by atoms with E-state index in [1.54, 1.807) is 23.0 Å². The van der Waals surface area contributed by atoms with Gasteiger partial charge in [0.25, 0.3) is 5.91 Å². The van der Waals surface area contributed by atoms with Crippen LogP contribution >= 0.6 is 0 Å². The van der Waals surface area contributed by atoms with Crippen molar-refractivity contribution in [1.82, 2.24) is 14.9 Å². The van der Waals surface area contributed by atoms with Crippen LogP contribution in [-0.2, 0) is 18.4 Å². The topological polar surface area (TPSA) is 76.0 Å². The van der Waals surface area contributed by atoms with Gasteiger partial charge in [0.15, 0.2) is 0 Å². The molecule has 0 bridgehead atoms. The van der Waals surface area contributed by atoms with Crippen LogP contribution in [0.25, 0.3) is 11.0 Å². The number of nitrogens with zero attached hydrogens (tertiary/aromatic N) is 2. The highest BCUT2D eigenvalue weighted by Gasteiger charge is 2.15. The van der Waals surface area contributed by atoms with Gasteiger partial charge >= 0.3 is 0 Å². The van der Waals surface area contributed by atoms with Gasteiger partial charge in [-0.2, -0.15) is 0 Å². The van der Waals surface area contributed by atoms with Crippen LogP contribution in [0.4, 0.5) is 5.69 Å². The standard InChI is InChI=1S/C19H20N4O2/c1-12-4-6-14(7-5-12)9-21-19(25)17-11-23(3)18-16(17)8-15(10-20-18)22-13(2)24/h4-8,10-11H,9H2,1-3H3,(H,21,25)(H,22,24). The minimum absolute atomic E-state index is 0.173. The molecule has 2 N–H and O–H groups in total. The van der Waals surface area contributed by atoms with Crippen LogP contribution in [0.2, 0.25) is 0 Å². The number of aryl methyl sites for hydroxylation is 2. The van der Waals surface area contributed by atoms with Crippen LogP contribution in [0.5, 0.6) is 0 Å². The molecule has 2 heterocycles. The largest absolute Gasteiger partial charge is 0.348 e. The molecular formula is C19H20N4O2. The highest BCUT2D eigenvalue weighted by Crippen LogP contribution is 2.22. The van der Waals surface area contributed by atoms with Gasteiger partial charge in [0.05, 0.1) is 17.4 Å². The molecule has 3 aromatic rings. The fourth-order valence-electron chi connectivity index (χ4n) is 2.70. The maximum atomic E-state index is 12.6. The first-order valence-electron chi connectivity index (χ1n) is 8.00.